The van der Waals surface area contributed by atoms with E-state index < -0.39 is 11.9 Å². The van der Waals surface area contributed by atoms with Crippen LogP contribution in [0.2, 0.25) is 0 Å². The molecule has 114 valence electrons. The van der Waals surface area contributed by atoms with Crippen molar-refractivity contribution in [3.63, 3.8) is 0 Å². The Kier molecular flexibility index (Phi) is 5.79. The largest absolute Gasteiger partial charge is 0.481 e. The lowest BCUT2D eigenvalue weighted by atomic mass is 9.98. The molecule has 0 aromatic rings. The first-order valence-corrected chi connectivity index (χ1v) is 7.36. The third-order valence-electron chi connectivity index (χ3n) is 3.91. The Bertz CT molecular complexity index is 340. The maximum atomic E-state index is 12.0. The Morgan fingerprint density at radius 1 is 1.30 bits per heavy atom. The number of carbonyl (C=O) groups is 2. The minimum Gasteiger partial charge on any atom is -0.481 e. The van der Waals surface area contributed by atoms with E-state index in [-0.39, 0.29) is 12.0 Å². The number of likely N-dealkylation sites (tertiary alicyclic amines) is 1. The summed E-state index contributed by atoms with van der Waals surface area (Å²) in [5.41, 5.74) is 0. The van der Waals surface area contributed by atoms with Crippen LogP contribution in [0.5, 0.6) is 0 Å². The first-order chi connectivity index (χ1) is 9.66. The molecule has 0 aromatic heterocycles. The summed E-state index contributed by atoms with van der Waals surface area (Å²) in [5, 5.41) is 9.00. The molecule has 0 saturated carbocycles. The van der Waals surface area contributed by atoms with Gasteiger partial charge in [0.15, 0.2) is 0 Å². The summed E-state index contributed by atoms with van der Waals surface area (Å²) in [6.07, 6.45) is 4.03. The number of carboxylic acids is 1. The molecule has 2 atom stereocenters. The quantitative estimate of drug-likeness (QED) is 0.734. The summed E-state index contributed by atoms with van der Waals surface area (Å²) in [4.78, 5) is 24.6. The number of amides is 1. The normalized spacial score (nSPS) is 26.7. The van der Waals surface area contributed by atoms with E-state index in [2.05, 4.69) is 0 Å². The predicted octanol–water partition coefficient (Wildman–Crippen LogP) is 0.895. The molecule has 0 unspecified atom stereocenters. The van der Waals surface area contributed by atoms with Crippen molar-refractivity contribution < 1.29 is 24.2 Å². The van der Waals surface area contributed by atoms with Gasteiger partial charge >= 0.3 is 5.97 Å². The highest BCUT2D eigenvalue weighted by Gasteiger charge is 2.27. The highest BCUT2D eigenvalue weighted by atomic mass is 16.5. The average molecular weight is 285 g/mol. The Labute approximate surface area is 119 Å². The van der Waals surface area contributed by atoms with Crippen LogP contribution in [-0.4, -0.2) is 60.9 Å². The van der Waals surface area contributed by atoms with Gasteiger partial charge in [-0.1, -0.05) is 0 Å². The standard InChI is InChI=1S/C14H23NO5/c16-13(5-8-19-10-12-4-2-7-20-12)15-6-1-3-11(9-15)14(17)18/h11-12H,1-10H2,(H,17,18)/t11-,12-/m1/s1. The molecule has 1 amide bonds. The molecule has 2 rings (SSSR count). The summed E-state index contributed by atoms with van der Waals surface area (Å²) in [6, 6.07) is 0. The lowest BCUT2D eigenvalue weighted by molar-refractivity contribution is -0.146. The van der Waals surface area contributed by atoms with Gasteiger partial charge in [-0.25, -0.2) is 0 Å². The summed E-state index contributed by atoms with van der Waals surface area (Å²) in [5.74, 6) is -1.24. The van der Waals surface area contributed by atoms with Crippen LogP contribution in [0, 0.1) is 5.92 Å². The number of ether oxygens (including phenoxy) is 2. The van der Waals surface area contributed by atoms with Gasteiger partial charge < -0.3 is 19.5 Å². The summed E-state index contributed by atoms with van der Waals surface area (Å²) in [7, 11) is 0. The van der Waals surface area contributed by atoms with Crippen molar-refractivity contribution in [3.8, 4) is 0 Å². The van der Waals surface area contributed by atoms with Gasteiger partial charge in [-0.15, -0.1) is 0 Å². The molecule has 2 heterocycles. The van der Waals surface area contributed by atoms with Crippen molar-refractivity contribution in [1.82, 2.24) is 4.90 Å². The third kappa shape index (κ3) is 4.45. The molecular weight excluding hydrogens is 262 g/mol. The Morgan fingerprint density at radius 2 is 2.15 bits per heavy atom. The van der Waals surface area contributed by atoms with Gasteiger partial charge in [0.05, 0.1) is 31.7 Å². The van der Waals surface area contributed by atoms with E-state index in [1.54, 1.807) is 4.90 Å². The zero-order valence-electron chi connectivity index (χ0n) is 11.8. The van der Waals surface area contributed by atoms with Crippen LogP contribution < -0.4 is 0 Å². The topological polar surface area (TPSA) is 76.1 Å². The van der Waals surface area contributed by atoms with Crippen molar-refractivity contribution >= 4 is 11.9 Å². The Balaban J connectivity index is 1.62. The number of carbonyl (C=O) groups excluding carboxylic acids is 1. The van der Waals surface area contributed by atoms with Crippen molar-refractivity contribution in [2.24, 2.45) is 5.92 Å². The molecule has 0 aromatic carbocycles. The lowest BCUT2D eigenvalue weighted by Crippen LogP contribution is -2.42. The van der Waals surface area contributed by atoms with Gasteiger partial charge in [-0.05, 0) is 25.7 Å². The lowest BCUT2D eigenvalue weighted by Gasteiger charge is -2.30. The summed E-state index contributed by atoms with van der Waals surface area (Å²) >= 11 is 0. The number of nitrogens with zero attached hydrogens (tertiary/aromatic N) is 1. The van der Waals surface area contributed by atoms with Crippen LogP contribution in [0.3, 0.4) is 0 Å². The zero-order valence-corrected chi connectivity index (χ0v) is 11.8. The van der Waals surface area contributed by atoms with Gasteiger partial charge in [0.1, 0.15) is 0 Å². The molecule has 2 aliphatic rings. The van der Waals surface area contributed by atoms with E-state index in [0.717, 1.165) is 25.9 Å². The number of hydrogen-bond donors (Lipinski definition) is 1. The molecule has 2 saturated heterocycles. The fourth-order valence-corrected chi connectivity index (χ4v) is 2.71. The number of piperidine rings is 1. The predicted molar refractivity (Wildman–Crippen MR) is 71.3 cm³/mol. The second-order valence-electron chi connectivity index (χ2n) is 5.48. The highest BCUT2D eigenvalue weighted by Crippen LogP contribution is 2.17. The van der Waals surface area contributed by atoms with Gasteiger partial charge in [0.2, 0.25) is 5.91 Å². The fraction of sp³-hybridized carbons (Fsp3) is 0.857. The molecule has 6 nitrogen and oxygen atoms in total. The van der Waals surface area contributed by atoms with Crippen molar-refractivity contribution in [3.05, 3.63) is 0 Å². The number of rotatable bonds is 6. The second kappa shape index (κ2) is 7.59. The van der Waals surface area contributed by atoms with E-state index >= 15 is 0 Å². The van der Waals surface area contributed by atoms with E-state index in [4.69, 9.17) is 14.6 Å². The Hall–Kier alpha value is -1.14. The second-order valence-corrected chi connectivity index (χ2v) is 5.48. The maximum absolute atomic E-state index is 12.0. The molecular formula is C14H23NO5. The monoisotopic (exact) mass is 285 g/mol. The van der Waals surface area contributed by atoms with Gasteiger partial charge in [0, 0.05) is 19.7 Å². The summed E-state index contributed by atoms with van der Waals surface area (Å²) < 4.78 is 10.9. The molecule has 2 aliphatic heterocycles. The SMILES string of the molecule is O=C(O)[C@@H]1CCCN(C(=O)CCOC[C@H]2CCCO2)C1. The minimum atomic E-state index is -0.808. The molecule has 0 aliphatic carbocycles. The van der Waals surface area contributed by atoms with Gasteiger partial charge in [-0.2, -0.15) is 0 Å². The molecule has 20 heavy (non-hydrogen) atoms. The maximum Gasteiger partial charge on any atom is 0.308 e. The smallest absolute Gasteiger partial charge is 0.308 e. The molecule has 6 heteroatoms. The molecule has 0 bridgehead atoms. The van der Waals surface area contributed by atoms with Crippen LogP contribution in [0.1, 0.15) is 32.1 Å². The summed E-state index contributed by atoms with van der Waals surface area (Å²) in [6.45, 7) is 2.73. The highest BCUT2D eigenvalue weighted by molar-refractivity contribution is 5.78. The number of carboxylic acid groups (broad SMARTS) is 1. The van der Waals surface area contributed by atoms with Crippen molar-refractivity contribution in [1.29, 1.82) is 0 Å². The van der Waals surface area contributed by atoms with E-state index in [0.29, 0.717) is 39.1 Å². The Morgan fingerprint density at radius 3 is 2.85 bits per heavy atom. The van der Waals surface area contributed by atoms with E-state index in [1.807, 2.05) is 0 Å². The van der Waals surface area contributed by atoms with Crippen LogP contribution in [-0.2, 0) is 19.1 Å². The van der Waals surface area contributed by atoms with E-state index in [1.165, 1.54) is 0 Å². The van der Waals surface area contributed by atoms with Gasteiger partial charge in [-0.3, -0.25) is 9.59 Å². The average Bonchev–Trinajstić information content (AvgIpc) is 2.96. The zero-order chi connectivity index (χ0) is 14.4. The number of hydrogen-bond acceptors (Lipinski definition) is 4. The number of aliphatic carboxylic acids is 1. The first-order valence-electron chi connectivity index (χ1n) is 7.36. The third-order valence-corrected chi connectivity index (χ3v) is 3.91. The molecule has 0 radical (unpaired) electrons. The first kappa shape index (κ1) is 15.3. The minimum absolute atomic E-state index is 0.0108. The van der Waals surface area contributed by atoms with Crippen molar-refractivity contribution in [2.45, 2.75) is 38.2 Å². The van der Waals surface area contributed by atoms with E-state index in [9.17, 15) is 9.59 Å². The molecule has 0 spiro atoms. The van der Waals surface area contributed by atoms with Crippen LogP contribution in [0.15, 0.2) is 0 Å². The molecule has 2 fully saturated rings. The van der Waals surface area contributed by atoms with Crippen LogP contribution in [0.25, 0.3) is 0 Å². The fourth-order valence-electron chi connectivity index (χ4n) is 2.71. The molecule has 1 N–H and O–H groups in total. The van der Waals surface area contributed by atoms with Crippen molar-refractivity contribution in [2.75, 3.05) is 32.9 Å². The van der Waals surface area contributed by atoms with Crippen LogP contribution >= 0.6 is 0 Å². The van der Waals surface area contributed by atoms with Gasteiger partial charge in [0.25, 0.3) is 0 Å². The van der Waals surface area contributed by atoms with Crippen LogP contribution in [0.4, 0.5) is 0 Å².